The van der Waals surface area contributed by atoms with Crippen molar-refractivity contribution in [2.75, 3.05) is 12.3 Å². The topological polar surface area (TPSA) is 3.24 Å². The summed E-state index contributed by atoms with van der Waals surface area (Å²) in [5.41, 5.74) is 1.51. The van der Waals surface area contributed by atoms with Crippen LogP contribution in [0.3, 0.4) is 0 Å². The van der Waals surface area contributed by atoms with E-state index in [2.05, 4.69) is 51.3 Å². The molecular formula is C12H23NS. The van der Waals surface area contributed by atoms with Gasteiger partial charge in [-0.3, -0.25) is 0 Å². The second-order valence-electron chi connectivity index (χ2n) is 4.59. The molecule has 0 N–H and O–H groups in total. The van der Waals surface area contributed by atoms with Crippen LogP contribution in [0.5, 0.6) is 0 Å². The van der Waals surface area contributed by atoms with E-state index in [4.69, 9.17) is 0 Å². The van der Waals surface area contributed by atoms with Gasteiger partial charge in [-0.25, -0.2) is 0 Å². The van der Waals surface area contributed by atoms with Gasteiger partial charge >= 0.3 is 0 Å². The van der Waals surface area contributed by atoms with Crippen molar-refractivity contribution in [3.63, 3.8) is 0 Å². The Kier molecular flexibility index (Phi) is 4.36. The highest BCUT2D eigenvalue weighted by Gasteiger charge is 2.19. The average Bonchev–Trinajstić information content (AvgIpc) is 2.26. The van der Waals surface area contributed by atoms with Crippen LogP contribution in [0.25, 0.3) is 0 Å². The first-order chi connectivity index (χ1) is 6.54. The van der Waals surface area contributed by atoms with Crippen LogP contribution >= 0.6 is 11.8 Å². The van der Waals surface area contributed by atoms with Crippen LogP contribution in [0.2, 0.25) is 0 Å². The maximum atomic E-state index is 2.55. The zero-order valence-corrected chi connectivity index (χ0v) is 10.9. The van der Waals surface area contributed by atoms with E-state index in [-0.39, 0.29) is 0 Å². The fraction of sp³-hybridized carbons (Fsp3) is 0.833. The Morgan fingerprint density at radius 3 is 2.36 bits per heavy atom. The van der Waals surface area contributed by atoms with Crippen molar-refractivity contribution < 1.29 is 0 Å². The maximum absolute atomic E-state index is 2.55. The van der Waals surface area contributed by atoms with Crippen LogP contribution in [0.1, 0.15) is 41.0 Å². The fourth-order valence-electron chi connectivity index (χ4n) is 2.06. The van der Waals surface area contributed by atoms with E-state index in [0.29, 0.717) is 12.0 Å². The summed E-state index contributed by atoms with van der Waals surface area (Å²) < 4.78 is 0. The monoisotopic (exact) mass is 213 g/mol. The van der Waals surface area contributed by atoms with Crippen molar-refractivity contribution in [2.45, 2.75) is 47.1 Å². The minimum absolute atomic E-state index is 0.641. The fourth-order valence-corrected chi connectivity index (χ4v) is 3.21. The number of hydrogen-bond donors (Lipinski definition) is 0. The molecule has 1 heterocycles. The van der Waals surface area contributed by atoms with Crippen molar-refractivity contribution in [1.82, 2.24) is 4.90 Å². The van der Waals surface area contributed by atoms with Gasteiger partial charge in [0.1, 0.15) is 0 Å². The van der Waals surface area contributed by atoms with Gasteiger partial charge < -0.3 is 4.90 Å². The summed E-state index contributed by atoms with van der Waals surface area (Å²) in [4.78, 5) is 4.14. The van der Waals surface area contributed by atoms with E-state index in [1.807, 2.05) is 0 Å². The molecular weight excluding hydrogens is 190 g/mol. The summed E-state index contributed by atoms with van der Waals surface area (Å²) in [7, 11) is 0. The molecule has 0 radical (unpaired) electrons. The molecule has 0 spiro atoms. The SMILES string of the molecule is CC1=C(C(C)C)SCCCN1C(C)C. The third kappa shape index (κ3) is 2.69. The maximum Gasteiger partial charge on any atom is 0.0230 e. The molecule has 0 fully saturated rings. The average molecular weight is 213 g/mol. The molecule has 14 heavy (non-hydrogen) atoms. The summed E-state index contributed by atoms with van der Waals surface area (Å²) in [5.74, 6) is 1.97. The Morgan fingerprint density at radius 1 is 1.21 bits per heavy atom. The van der Waals surface area contributed by atoms with Crippen LogP contribution in [0.15, 0.2) is 10.6 Å². The third-order valence-electron chi connectivity index (χ3n) is 2.74. The Morgan fingerprint density at radius 2 is 1.86 bits per heavy atom. The van der Waals surface area contributed by atoms with E-state index < -0.39 is 0 Å². The lowest BCUT2D eigenvalue weighted by Crippen LogP contribution is -2.30. The molecule has 0 aromatic heterocycles. The van der Waals surface area contributed by atoms with Gasteiger partial charge in [0, 0.05) is 23.2 Å². The highest BCUT2D eigenvalue weighted by molar-refractivity contribution is 8.03. The van der Waals surface area contributed by atoms with E-state index in [1.165, 1.54) is 24.4 Å². The summed E-state index contributed by atoms with van der Waals surface area (Å²) >= 11 is 2.06. The lowest BCUT2D eigenvalue weighted by molar-refractivity contribution is 0.284. The Balaban J connectivity index is 2.90. The zero-order valence-electron chi connectivity index (χ0n) is 10.1. The first-order valence-corrected chi connectivity index (χ1v) is 6.62. The molecule has 0 amide bonds. The number of nitrogens with zero attached hydrogens (tertiary/aromatic N) is 1. The van der Waals surface area contributed by atoms with Crippen molar-refractivity contribution >= 4 is 11.8 Å². The van der Waals surface area contributed by atoms with Gasteiger partial charge in [0.15, 0.2) is 0 Å². The van der Waals surface area contributed by atoms with Gasteiger partial charge in [0.25, 0.3) is 0 Å². The minimum atomic E-state index is 0.641. The molecule has 0 aromatic carbocycles. The van der Waals surface area contributed by atoms with Gasteiger partial charge in [-0.05, 0) is 38.9 Å². The van der Waals surface area contributed by atoms with Crippen LogP contribution in [-0.2, 0) is 0 Å². The van der Waals surface area contributed by atoms with Crippen molar-refractivity contribution in [3.8, 4) is 0 Å². The largest absolute Gasteiger partial charge is 0.372 e. The van der Waals surface area contributed by atoms with Crippen LogP contribution in [0.4, 0.5) is 0 Å². The Hall–Kier alpha value is -0.110. The van der Waals surface area contributed by atoms with E-state index >= 15 is 0 Å². The van der Waals surface area contributed by atoms with Crippen LogP contribution < -0.4 is 0 Å². The third-order valence-corrected chi connectivity index (χ3v) is 4.31. The predicted octanol–water partition coefficient (Wildman–Crippen LogP) is 3.72. The Bertz CT molecular complexity index is 218. The van der Waals surface area contributed by atoms with Crippen LogP contribution in [-0.4, -0.2) is 23.2 Å². The molecule has 0 bridgehead atoms. The first-order valence-electron chi connectivity index (χ1n) is 5.64. The second kappa shape index (κ2) is 5.11. The van der Waals surface area contributed by atoms with Gasteiger partial charge in [-0.2, -0.15) is 0 Å². The van der Waals surface area contributed by atoms with Gasteiger partial charge in [-0.15, -0.1) is 11.8 Å². The smallest absolute Gasteiger partial charge is 0.0230 e. The lowest BCUT2D eigenvalue weighted by Gasteiger charge is -2.30. The van der Waals surface area contributed by atoms with Crippen LogP contribution in [0, 0.1) is 5.92 Å². The van der Waals surface area contributed by atoms with E-state index in [0.717, 1.165) is 0 Å². The van der Waals surface area contributed by atoms with Gasteiger partial charge in [0.2, 0.25) is 0 Å². The highest BCUT2D eigenvalue weighted by atomic mass is 32.2. The number of rotatable bonds is 2. The molecule has 1 nitrogen and oxygen atoms in total. The minimum Gasteiger partial charge on any atom is -0.372 e. The molecule has 1 aliphatic heterocycles. The highest BCUT2D eigenvalue weighted by Crippen LogP contribution is 2.33. The second-order valence-corrected chi connectivity index (χ2v) is 5.73. The molecule has 0 atom stereocenters. The summed E-state index contributed by atoms with van der Waals surface area (Å²) in [5, 5.41) is 0. The quantitative estimate of drug-likeness (QED) is 0.688. The van der Waals surface area contributed by atoms with Gasteiger partial charge in [0.05, 0.1) is 0 Å². The molecule has 1 rings (SSSR count). The molecule has 1 aliphatic rings. The molecule has 82 valence electrons. The molecule has 0 saturated carbocycles. The molecule has 0 unspecified atom stereocenters. The summed E-state index contributed by atoms with van der Waals surface area (Å²) in [6.45, 7) is 12.7. The number of hydrogen-bond acceptors (Lipinski definition) is 2. The number of allylic oxidation sites excluding steroid dienone is 2. The molecule has 0 aliphatic carbocycles. The summed E-state index contributed by atoms with van der Waals surface area (Å²) in [6, 6.07) is 0.641. The van der Waals surface area contributed by atoms with E-state index in [9.17, 15) is 0 Å². The summed E-state index contributed by atoms with van der Waals surface area (Å²) in [6.07, 6.45) is 1.32. The molecule has 0 saturated heterocycles. The van der Waals surface area contributed by atoms with E-state index in [1.54, 1.807) is 4.91 Å². The predicted molar refractivity (Wildman–Crippen MR) is 66.5 cm³/mol. The van der Waals surface area contributed by atoms with Gasteiger partial charge in [-0.1, -0.05) is 13.8 Å². The number of thioether (sulfide) groups is 1. The molecule has 2 heteroatoms. The Labute approximate surface area is 92.9 Å². The first kappa shape index (κ1) is 12.0. The van der Waals surface area contributed by atoms with Crippen molar-refractivity contribution in [3.05, 3.63) is 10.6 Å². The standard InChI is InChI=1S/C12H23NS/c1-9(2)12-11(5)13(10(3)4)7-6-8-14-12/h9-10H,6-8H2,1-5H3. The van der Waals surface area contributed by atoms with Crippen molar-refractivity contribution in [1.29, 1.82) is 0 Å². The zero-order chi connectivity index (χ0) is 10.7. The normalized spacial score (nSPS) is 19.5. The van der Waals surface area contributed by atoms with Crippen molar-refractivity contribution in [2.24, 2.45) is 5.92 Å². The lowest BCUT2D eigenvalue weighted by atomic mass is 10.1. The molecule has 0 aromatic rings.